The Kier molecular flexibility index (Phi) is 11.4. The van der Waals surface area contributed by atoms with Crippen molar-refractivity contribution in [3.8, 4) is 44.5 Å². The van der Waals surface area contributed by atoms with Crippen molar-refractivity contribution in [2.24, 2.45) is 5.92 Å². The van der Waals surface area contributed by atoms with E-state index in [-0.39, 0.29) is 17.3 Å². The van der Waals surface area contributed by atoms with Crippen LogP contribution in [0.1, 0.15) is 71.8 Å². The molecule has 0 bridgehead atoms. The molecule has 0 N–H and O–H groups in total. The van der Waals surface area contributed by atoms with Gasteiger partial charge in [-0.3, -0.25) is 0 Å². The Morgan fingerprint density at radius 1 is 0.375 bits per heavy atom. The third-order valence-corrected chi connectivity index (χ3v) is 16.3. The Bertz CT molecular complexity index is 3550. The van der Waals surface area contributed by atoms with E-state index in [1.165, 1.54) is 115 Å². The second kappa shape index (κ2) is 18.8. The zero-order chi connectivity index (χ0) is 47.8. The van der Waals surface area contributed by atoms with Gasteiger partial charge in [-0.1, -0.05) is 256 Å². The summed E-state index contributed by atoms with van der Waals surface area (Å²) in [6.07, 6.45) is 15.8. The summed E-state index contributed by atoms with van der Waals surface area (Å²) in [5, 5.41) is 2.70. The highest BCUT2D eigenvalue weighted by molar-refractivity contribution is 6.04. The summed E-state index contributed by atoms with van der Waals surface area (Å²) in [7, 11) is 0. The fraction of sp³-hybridized carbons (Fsp3) is 0.127. The number of fused-ring (bicyclic) bond motifs is 4. The fourth-order valence-corrected chi connectivity index (χ4v) is 13.0. The van der Waals surface area contributed by atoms with E-state index < -0.39 is 0 Å². The van der Waals surface area contributed by atoms with Crippen molar-refractivity contribution >= 4 is 27.8 Å². The topological polar surface area (TPSA) is 3.24 Å². The SMILES string of the molecule is C1=CC2c3ccc(-c4ccccc4N(c4ccc(-c5ccc(-c6ccccc6)cc5)cc4)c4ccccc4-c4cccc5cccc(C6CCCCC6)c45)cc3C(c3ccccc3)(c3ccccc3)C2C=C1. The minimum atomic E-state index is -0.388. The molecule has 0 aromatic heterocycles. The number of rotatable bonds is 10. The van der Waals surface area contributed by atoms with Crippen LogP contribution in [0, 0.1) is 5.92 Å². The minimum Gasteiger partial charge on any atom is -0.309 e. The summed E-state index contributed by atoms with van der Waals surface area (Å²) < 4.78 is 0. The molecule has 0 amide bonds. The van der Waals surface area contributed by atoms with Gasteiger partial charge in [0.2, 0.25) is 0 Å². The number of para-hydroxylation sites is 2. The molecule has 13 rings (SSSR count). The van der Waals surface area contributed by atoms with Gasteiger partial charge in [-0.2, -0.15) is 0 Å². The fourth-order valence-electron chi connectivity index (χ4n) is 13.0. The van der Waals surface area contributed by atoms with Gasteiger partial charge in [0.15, 0.2) is 0 Å². The quantitative estimate of drug-likeness (QED) is 0.132. The van der Waals surface area contributed by atoms with Gasteiger partial charge in [0, 0.05) is 28.7 Å². The highest BCUT2D eigenvalue weighted by Gasteiger charge is 2.53. The van der Waals surface area contributed by atoms with E-state index in [9.17, 15) is 0 Å². The van der Waals surface area contributed by atoms with Crippen LogP contribution >= 0.6 is 0 Å². The zero-order valence-corrected chi connectivity index (χ0v) is 40.6. The van der Waals surface area contributed by atoms with Crippen molar-refractivity contribution < 1.29 is 0 Å². The molecule has 72 heavy (non-hydrogen) atoms. The van der Waals surface area contributed by atoms with Gasteiger partial charge in [0.1, 0.15) is 0 Å². The molecule has 346 valence electrons. The van der Waals surface area contributed by atoms with Crippen molar-refractivity contribution in [3.63, 3.8) is 0 Å². The lowest BCUT2D eigenvalue weighted by Gasteiger charge is -2.39. The van der Waals surface area contributed by atoms with Crippen LogP contribution < -0.4 is 4.90 Å². The van der Waals surface area contributed by atoms with E-state index >= 15 is 0 Å². The molecule has 0 radical (unpaired) electrons. The molecule has 2 unspecified atom stereocenters. The molecule has 1 saturated carbocycles. The van der Waals surface area contributed by atoms with Crippen LogP contribution in [0.3, 0.4) is 0 Å². The number of hydrogen-bond donors (Lipinski definition) is 0. The van der Waals surface area contributed by atoms with Gasteiger partial charge in [-0.15, -0.1) is 0 Å². The lowest BCUT2D eigenvalue weighted by Crippen LogP contribution is -2.35. The summed E-state index contributed by atoms with van der Waals surface area (Å²) >= 11 is 0. The third-order valence-electron chi connectivity index (χ3n) is 16.3. The average Bonchev–Trinajstić information content (AvgIpc) is 3.77. The normalized spacial score (nSPS) is 16.8. The Morgan fingerprint density at radius 3 is 1.56 bits per heavy atom. The van der Waals surface area contributed by atoms with Gasteiger partial charge in [-0.25, -0.2) is 0 Å². The number of benzene rings is 10. The van der Waals surface area contributed by atoms with Crippen LogP contribution in [0.5, 0.6) is 0 Å². The maximum atomic E-state index is 2.54. The summed E-state index contributed by atoms with van der Waals surface area (Å²) in [5.74, 6) is 1.05. The zero-order valence-electron chi connectivity index (χ0n) is 40.6. The Morgan fingerprint density at radius 2 is 0.889 bits per heavy atom. The number of nitrogens with zero attached hydrogens (tertiary/aromatic N) is 1. The molecule has 3 aliphatic rings. The lowest BCUT2D eigenvalue weighted by molar-refractivity contribution is 0.445. The predicted molar refractivity (Wildman–Crippen MR) is 303 cm³/mol. The molecule has 1 heteroatoms. The second-order valence-corrected chi connectivity index (χ2v) is 20.1. The first-order valence-electron chi connectivity index (χ1n) is 26.1. The Balaban J connectivity index is 1.00. The van der Waals surface area contributed by atoms with Crippen molar-refractivity contribution in [1.29, 1.82) is 0 Å². The van der Waals surface area contributed by atoms with Gasteiger partial charge in [-0.05, 0) is 121 Å². The maximum absolute atomic E-state index is 2.54. The molecule has 10 aromatic carbocycles. The van der Waals surface area contributed by atoms with E-state index in [0.717, 1.165) is 17.1 Å². The van der Waals surface area contributed by atoms with Crippen LogP contribution in [-0.2, 0) is 5.41 Å². The molecular formula is C71H57N. The highest BCUT2D eigenvalue weighted by Crippen LogP contribution is 2.60. The largest absolute Gasteiger partial charge is 0.309 e. The lowest BCUT2D eigenvalue weighted by atomic mass is 9.63. The number of anilines is 3. The first-order chi connectivity index (χ1) is 35.7. The van der Waals surface area contributed by atoms with Crippen LogP contribution in [0.25, 0.3) is 55.3 Å². The third kappa shape index (κ3) is 7.55. The first kappa shape index (κ1) is 43.7. The summed E-state index contributed by atoms with van der Waals surface area (Å²) in [6, 6.07) is 91.0. The maximum Gasteiger partial charge on any atom is 0.0540 e. The predicted octanol–water partition coefficient (Wildman–Crippen LogP) is 19.2. The van der Waals surface area contributed by atoms with Gasteiger partial charge in [0.25, 0.3) is 0 Å². The van der Waals surface area contributed by atoms with Gasteiger partial charge < -0.3 is 4.90 Å². The molecular weight excluding hydrogens is 867 g/mol. The molecule has 1 nitrogen and oxygen atoms in total. The van der Waals surface area contributed by atoms with E-state index in [4.69, 9.17) is 0 Å². The Labute approximate surface area is 425 Å². The molecule has 0 spiro atoms. The van der Waals surface area contributed by atoms with Crippen LogP contribution in [0.15, 0.2) is 267 Å². The average molecular weight is 924 g/mol. The van der Waals surface area contributed by atoms with E-state index in [2.05, 4.69) is 272 Å². The van der Waals surface area contributed by atoms with E-state index in [1.807, 2.05) is 0 Å². The van der Waals surface area contributed by atoms with Crippen molar-refractivity contribution in [1.82, 2.24) is 0 Å². The standard InChI is InChI=1S/C71H57N/c1-5-21-50(22-6-1)51-39-41-52(42-40-51)53-43-46-59(47-44-53)72(69-38-18-15-33-64(69)65-35-20-26-55-25-19-34-61(70(55)65)54-23-7-2-8-24-54)68-37-17-14-31-60(68)56-45-48-63-62-32-13-16-36-66(62)71(67(63)49-56,57-27-9-3-10-28-57)58-29-11-4-12-30-58/h1,3-6,9-22,25-49,54,62,66H,2,7-8,23-24H2. The minimum absolute atomic E-state index is 0.225. The van der Waals surface area contributed by atoms with Crippen LogP contribution in [0.2, 0.25) is 0 Å². The monoisotopic (exact) mass is 923 g/mol. The molecule has 0 saturated heterocycles. The second-order valence-electron chi connectivity index (χ2n) is 20.1. The Hall–Kier alpha value is -8.26. The summed E-state index contributed by atoms with van der Waals surface area (Å²) in [4.78, 5) is 2.54. The molecule has 0 heterocycles. The molecule has 3 aliphatic carbocycles. The summed E-state index contributed by atoms with van der Waals surface area (Å²) in [5.41, 5.74) is 19.7. The van der Waals surface area contributed by atoms with Gasteiger partial charge >= 0.3 is 0 Å². The van der Waals surface area contributed by atoms with E-state index in [1.54, 1.807) is 0 Å². The van der Waals surface area contributed by atoms with Crippen molar-refractivity contribution in [2.75, 3.05) is 4.90 Å². The highest BCUT2D eigenvalue weighted by atomic mass is 15.1. The van der Waals surface area contributed by atoms with Crippen LogP contribution in [-0.4, -0.2) is 0 Å². The number of allylic oxidation sites excluding steroid dienone is 4. The van der Waals surface area contributed by atoms with Crippen molar-refractivity contribution in [3.05, 3.63) is 295 Å². The van der Waals surface area contributed by atoms with Gasteiger partial charge in [0.05, 0.1) is 16.8 Å². The molecule has 2 atom stereocenters. The molecule has 10 aromatic rings. The van der Waals surface area contributed by atoms with Crippen LogP contribution in [0.4, 0.5) is 17.1 Å². The smallest absolute Gasteiger partial charge is 0.0540 e. The van der Waals surface area contributed by atoms with E-state index in [0.29, 0.717) is 5.92 Å². The number of hydrogen-bond acceptors (Lipinski definition) is 1. The van der Waals surface area contributed by atoms with Crippen molar-refractivity contribution in [2.45, 2.75) is 49.4 Å². The molecule has 1 fully saturated rings. The summed E-state index contributed by atoms with van der Waals surface area (Å²) in [6.45, 7) is 0. The molecule has 0 aliphatic heterocycles. The first-order valence-corrected chi connectivity index (χ1v) is 26.1.